The lowest BCUT2D eigenvalue weighted by Gasteiger charge is -2.32. The molecule has 92 valence electrons. The third kappa shape index (κ3) is 2.82. The van der Waals surface area contributed by atoms with E-state index < -0.39 is 11.6 Å². The Balaban J connectivity index is 2.84. The molecule has 1 saturated carbocycles. The van der Waals surface area contributed by atoms with Crippen molar-refractivity contribution in [2.75, 3.05) is 6.61 Å². The van der Waals surface area contributed by atoms with Crippen LogP contribution in [0.15, 0.2) is 0 Å². The summed E-state index contributed by atoms with van der Waals surface area (Å²) in [5.74, 6) is -0.935. The first-order chi connectivity index (χ1) is 7.50. The molecule has 0 aliphatic heterocycles. The van der Waals surface area contributed by atoms with E-state index in [-0.39, 0.29) is 24.7 Å². The van der Waals surface area contributed by atoms with E-state index >= 15 is 0 Å². The van der Waals surface area contributed by atoms with Gasteiger partial charge in [0.1, 0.15) is 5.78 Å². The topological polar surface area (TPSA) is 63.6 Å². The van der Waals surface area contributed by atoms with Crippen LogP contribution in [-0.4, -0.2) is 29.1 Å². The molecule has 4 heteroatoms. The van der Waals surface area contributed by atoms with Gasteiger partial charge >= 0.3 is 5.97 Å². The van der Waals surface area contributed by atoms with Crippen molar-refractivity contribution < 1.29 is 19.4 Å². The minimum Gasteiger partial charge on any atom is -0.464 e. The number of carbonyl (C=O) groups excluding carboxylic acids is 2. The van der Waals surface area contributed by atoms with Gasteiger partial charge in [0.25, 0.3) is 0 Å². The summed E-state index contributed by atoms with van der Waals surface area (Å²) < 4.78 is 4.86. The molecule has 1 aliphatic carbocycles. The summed E-state index contributed by atoms with van der Waals surface area (Å²) >= 11 is 0. The van der Waals surface area contributed by atoms with Crippen molar-refractivity contribution >= 4 is 11.8 Å². The lowest BCUT2D eigenvalue weighted by Crippen LogP contribution is -2.48. The maximum atomic E-state index is 11.7. The molecular formula is C12H20O4. The van der Waals surface area contributed by atoms with Gasteiger partial charge in [-0.15, -0.1) is 0 Å². The van der Waals surface area contributed by atoms with Gasteiger partial charge in [-0.05, 0) is 25.7 Å². The van der Waals surface area contributed by atoms with Crippen molar-refractivity contribution in [2.24, 2.45) is 5.92 Å². The van der Waals surface area contributed by atoms with Gasteiger partial charge in [-0.2, -0.15) is 0 Å². The van der Waals surface area contributed by atoms with Gasteiger partial charge in [0.15, 0.2) is 5.60 Å². The van der Waals surface area contributed by atoms with Crippen LogP contribution in [0.1, 0.15) is 46.0 Å². The minimum absolute atomic E-state index is 0.0536. The highest BCUT2D eigenvalue weighted by Gasteiger charge is 2.44. The number of ketones is 1. The quantitative estimate of drug-likeness (QED) is 0.726. The van der Waals surface area contributed by atoms with Gasteiger partial charge in [0.2, 0.25) is 0 Å². The molecule has 2 atom stereocenters. The molecule has 1 rings (SSSR count). The third-order valence-corrected chi connectivity index (χ3v) is 3.25. The number of hydrogen-bond donors (Lipinski definition) is 1. The molecule has 0 unspecified atom stereocenters. The van der Waals surface area contributed by atoms with Crippen LogP contribution in [0, 0.1) is 5.92 Å². The molecule has 16 heavy (non-hydrogen) atoms. The number of ether oxygens (including phenoxy) is 1. The van der Waals surface area contributed by atoms with Crippen molar-refractivity contribution in [3.8, 4) is 0 Å². The monoisotopic (exact) mass is 228 g/mol. The SMILES string of the molecule is CCOC(=O)[C@]1(O)CC(=O)CCCC[C@H]1C. The number of esters is 1. The Bertz CT molecular complexity index is 274. The Morgan fingerprint density at radius 3 is 2.88 bits per heavy atom. The maximum absolute atomic E-state index is 11.7. The predicted molar refractivity (Wildman–Crippen MR) is 58.8 cm³/mol. The van der Waals surface area contributed by atoms with Crippen LogP contribution in [0.2, 0.25) is 0 Å². The molecule has 0 radical (unpaired) electrons. The summed E-state index contributed by atoms with van der Waals surface area (Å²) in [6.07, 6.45) is 2.82. The summed E-state index contributed by atoms with van der Waals surface area (Å²) in [4.78, 5) is 23.3. The van der Waals surface area contributed by atoms with Gasteiger partial charge in [-0.1, -0.05) is 13.3 Å². The molecule has 1 N–H and O–H groups in total. The van der Waals surface area contributed by atoms with Gasteiger partial charge in [-0.3, -0.25) is 4.79 Å². The highest BCUT2D eigenvalue weighted by Crippen LogP contribution is 2.31. The molecule has 1 aliphatic rings. The molecule has 0 aromatic carbocycles. The average Bonchev–Trinajstić information content (AvgIpc) is 2.22. The van der Waals surface area contributed by atoms with Crippen LogP contribution in [0.4, 0.5) is 0 Å². The molecule has 0 saturated heterocycles. The van der Waals surface area contributed by atoms with Crippen molar-refractivity contribution in [2.45, 2.75) is 51.6 Å². The smallest absolute Gasteiger partial charge is 0.338 e. The van der Waals surface area contributed by atoms with Crippen LogP contribution in [0.25, 0.3) is 0 Å². The van der Waals surface area contributed by atoms with E-state index in [1.165, 1.54) is 0 Å². The Morgan fingerprint density at radius 1 is 1.56 bits per heavy atom. The van der Waals surface area contributed by atoms with E-state index in [9.17, 15) is 14.7 Å². The average molecular weight is 228 g/mol. The zero-order valence-electron chi connectivity index (χ0n) is 9.99. The van der Waals surface area contributed by atoms with Gasteiger partial charge < -0.3 is 9.84 Å². The second-order valence-electron chi connectivity index (χ2n) is 4.51. The fourth-order valence-electron chi connectivity index (χ4n) is 2.10. The fraction of sp³-hybridized carbons (Fsp3) is 0.833. The zero-order valence-corrected chi connectivity index (χ0v) is 9.99. The van der Waals surface area contributed by atoms with Crippen LogP contribution in [0.3, 0.4) is 0 Å². The van der Waals surface area contributed by atoms with E-state index in [4.69, 9.17) is 4.74 Å². The van der Waals surface area contributed by atoms with Crippen molar-refractivity contribution in [1.29, 1.82) is 0 Å². The van der Waals surface area contributed by atoms with Crippen LogP contribution in [0.5, 0.6) is 0 Å². The van der Waals surface area contributed by atoms with E-state index in [0.717, 1.165) is 19.3 Å². The van der Waals surface area contributed by atoms with E-state index in [1.54, 1.807) is 13.8 Å². The van der Waals surface area contributed by atoms with Gasteiger partial charge in [0, 0.05) is 12.8 Å². The first-order valence-electron chi connectivity index (χ1n) is 5.92. The molecule has 0 bridgehead atoms. The fourth-order valence-corrected chi connectivity index (χ4v) is 2.10. The molecular weight excluding hydrogens is 208 g/mol. The number of rotatable bonds is 2. The summed E-state index contributed by atoms with van der Waals surface area (Å²) in [6.45, 7) is 3.72. The van der Waals surface area contributed by atoms with Crippen LogP contribution >= 0.6 is 0 Å². The van der Waals surface area contributed by atoms with Crippen molar-refractivity contribution in [3.63, 3.8) is 0 Å². The van der Waals surface area contributed by atoms with E-state index in [2.05, 4.69) is 0 Å². The number of hydrogen-bond acceptors (Lipinski definition) is 4. The number of aliphatic hydroxyl groups is 1. The summed E-state index contributed by atoms with van der Waals surface area (Å²) in [7, 11) is 0. The Kier molecular flexibility index (Phi) is 4.47. The van der Waals surface area contributed by atoms with E-state index in [1.807, 2.05) is 0 Å². The number of Topliss-reactive ketones (excluding diaryl/α,β-unsaturated/α-hetero) is 1. The molecule has 1 fully saturated rings. The largest absolute Gasteiger partial charge is 0.464 e. The Labute approximate surface area is 96.0 Å². The molecule has 4 nitrogen and oxygen atoms in total. The predicted octanol–water partition coefficient (Wildman–Crippen LogP) is 1.45. The molecule has 0 spiro atoms. The summed E-state index contributed by atoms with van der Waals surface area (Å²) in [5.41, 5.74) is -1.62. The second kappa shape index (κ2) is 5.43. The zero-order chi connectivity index (χ0) is 12.2. The Hall–Kier alpha value is -0.900. The van der Waals surface area contributed by atoms with E-state index in [0.29, 0.717) is 6.42 Å². The first kappa shape index (κ1) is 13.2. The first-order valence-corrected chi connectivity index (χ1v) is 5.92. The number of carbonyl (C=O) groups is 2. The molecule has 0 aromatic heterocycles. The highest BCUT2D eigenvalue weighted by atomic mass is 16.5. The molecule has 0 amide bonds. The van der Waals surface area contributed by atoms with Crippen LogP contribution < -0.4 is 0 Å². The summed E-state index contributed by atoms with van der Waals surface area (Å²) in [6, 6.07) is 0. The summed E-state index contributed by atoms with van der Waals surface area (Å²) in [5, 5.41) is 10.3. The normalized spacial score (nSPS) is 31.7. The minimum atomic E-state index is -1.62. The van der Waals surface area contributed by atoms with Crippen molar-refractivity contribution in [1.82, 2.24) is 0 Å². The lowest BCUT2D eigenvalue weighted by molar-refractivity contribution is -0.174. The standard InChI is InChI=1S/C12H20O4/c1-3-16-11(14)12(15)8-10(13)7-5-4-6-9(12)2/h9,15H,3-8H2,1-2H3/t9-,12+/m1/s1. The maximum Gasteiger partial charge on any atom is 0.338 e. The van der Waals surface area contributed by atoms with Gasteiger partial charge in [0.05, 0.1) is 6.61 Å². The highest BCUT2D eigenvalue weighted by molar-refractivity contribution is 5.89. The second-order valence-corrected chi connectivity index (χ2v) is 4.51. The third-order valence-electron chi connectivity index (χ3n) is 3.25. The Morgan fingerprint density at radius 2 is 2.25 bits per heavy atom. The van der Waals surface area contributed by atoms with Crippen molar-refractivity contribution in [3.05, 3.63) is 0 Å². The van der Waals surface area contributed by atoms with Gasteiger partial charge in [-0.25, -0.2) is 4.79 Å². The molecule has 0 heterocycles. The molecule has 0 aromatic rings. The lowest BCUT2D eigenvalue weighted by atomic mass is 9.78. The van der Waals surface area contributed by atoms with Crippen LogP contribution in [-0.2, 0) is 14.3 Å².